The van der Waals surface area contributed by atoms with Crippen molar-refractivity contribution in [1.82, 2.24) is 35.6 Å². The first kappa shape index (κ1) is 59.7. The number of benzene rings is 4. The van der Waals surface area contributed by atoms with E-state index in [9.17, 15) is 33.6 Å². The van der Waals surface area contributed by atoms with Gasteiger partial charge >= 0.3 is 6.03 Å². The van der Waals surface area contributed by atoms with Crippen LogP contribution < -0.4 is 51.3 Å². The Bertz CT molecular complexity index is 3460. The number of fused-ring (bicyclic) bond motifs is 6. The first-order valence-electron chi connectivity index (χ1n) is 29.3. The van der Waals surface area contributed by atoms with Crippen LogP contribution in [0.15, 0.2) is 102 Å². The van der Waals surface area contributed by atoms with Gasteiger partial charge in [-0.2, -0.15) is 0 Å². The first-order chi connectivity index (χ1) is 41.6. The third-order valence-electron chi connectivity index (χ3n) is 16.2. The summed E-state index contributed by atoms with van der Waals surface area (Å²) in [6.45, 7) is 6.24. The van der Waals surface area contributed by atoms with Gasteiger partial charge in [0.1, 0.15) is 19.3 Å². The Morgan fingerprint density at radius 1 is 0.721 bits per heavy atom. The molecule has 8 amide bonds. The van der Waals surface area contributed by atoms with Crippen molar-refractivity contribution >= 4 is 64.8 Å². The molecule has 0 saturated carbocycles. The number of anilines is 2. The molecule has 5 aliphatic rings. The Kier molecular flexibility index (Phi) is 18.8. The predicted molar refractivity (Wildman–Crippen MR) is 321 cm³/mol. The number of unbranched alkanes of at least 4 members (excludes halogenated alkanes) is 2. The van der Waals surface area contributed by atoms with Gasteiger partial charge in [-0.1, -0.05) is 56.7 Å². The average Bonchev–Trinajstić information content (AvgIpc) is 1.87. The Labute approximate surface area is 499 Å². The fourth-order valence-corrected chi connectivity index (χ4v) is 11.5. The molecule has 450 valence electrons. The number of ether oxygens (including phenoxy) is 4. The molecule has 0 bridgehead atoms. The van der Waals surface area contributed by atoms with Crippen LogP contribution in [0.4, 0.5) is 21.9 Å². The van der Waals surface area contributed by atoms with E-state index in [2.05, 4.69) is 38.7 Å². The lowest BCUT2D eigenvalue weighted by molar-refractivity contribution is -0.137. The number of aliphatic imine (C=N–C) groups is 1. The van der Waals surface area contributed by atoms with Crippen molar-refractivity contribution in [3.8, 4) is 23.0 Å². The van der Waals surface area contributed by atoms with Crippen molar-refractivity contribution in [1.29, 1.82) is 0 Å². The van der Waals surface area contributed by atoms with E-state index >= 15 is 0 Å². The third-order valence-corrected chi connectivity index (χ3v) is 16.2. The summed E-state index contributed by atoms with van der Waals surface area (Å²) < 4.78 is 24.2. The molecule has 0 spiro atoms. The molecule has 6 heterocycles. The van der Waals surface area contributed by atoms with Gasteiger partial charge in [-0.15, -0.1) is 0 Å². The van der Waals surface area contributed by atoms with Gasteiger partial charge in [0.2, 0.25) is 11.8 Å². The number of hydrogen-bond acceptors (Lipinski definition) is 15. The van der Waals surface area contributed by atoms with Crippen LogP contribution in [0.2, 0.25) is 0 Å². The largest absolute Gasteiger partial charge is 0.493 e. The molecule has 0 aliphatic carbocycles. The number of imide groups is 1. The van der Waals surface area contributed by atoms with Crippen molar-refractivity contribution in [2.45, 2.75) is 116 Å². The van der Waals surface area contributed by atoms with Crippen LogP contribution in [0, 0.1) is 5.92 Å². The maximum atomic E-state index is 14.5. The zero-order valence-corrected chi connectivity index (χ0v) is 48.8. The number of primary amides is 1. The lowest BCUT2D eigenvalue weighted by Crippen LogP contribution is -2.53. The van der Waals surface area contributed by atoms with Gasteiger partial charge in [-0.3, -0.25) is 43.6 Å². The number of carbonyl (C=O) groups excluding carboxylic acids is 7. The molecule has 0 radical (unpaired) electrons. The molecule has 0 fully saturated rings. The van der Waals surface area contributed by atoms with Gasteiger partial charge in [0.15, 0.2) is 23.0 Å². The molecule has 86 heavy (non-hydrogen) atoms. The first-order valence-corrected chi connectivity index (χ1v) is 29.3. The standard InChI is InChI=1S/C64H73N11O11/c1-38(2)60(72-57(76)17-6-5-9-23-73-58(77)20-21-59(73)78)61(79)71-44(16-11-22-66-64(65)82)31-67-43-19-18-40-26-48-33-69-52-30-56(54(84-4)28-50(52)63(81)75(48)35-42(40)24-43)86-37-46-15-10-14-45(70-46)36-85-55-29-51-49(27-53(55)83-3)62(80)74-34-41-13-8-7-12-39(41)25-47(74)32-68-51/h7-8,10,12-15,18-21,24,27-30,33,38,44,47-48,60,67-68H,5-6,9,11,16-17,22-23,25-26,31-32,34-37H2,1-4H3,(H,71,79)(H,72,76)(H3,65,66,82)/t44-,47-,48?,60-/m0/s1. The Hall–Kier alpha value is -9.47. The normalized spacial score (nSPS) is 17.1. The van der Waals surface area contributed by atoms with E-state index in [0.717, 1.165) is 28.8 Å². The minimum atomic E-state index is -0.815. The number of urea groups is 1. The van der Waals surface area contributed by atoms with E-state index in [1.165, 1.54) is 29.7 Å². The van der Waals surface area contributed by atoms with Gasteiger partial charge in [-0.05, 0) is 103 Å². The number of pyridine rings is 1. The molecule has 22 heteroatoms. The van der Waals surface area contributed by atoms with Crippen LogP contribution >= 0.6 is 0 Å². The van der Waals surface area contributed by atoms with E-state index in [0.29, 0.717) is 128 Å². The van der Waals surface area contributed by atoms with Gasteiger partial charge in [0, 0.05) is 87.9 Å². The van der Waals surface area contributed by atoms with Gasteiger partial charge in [-0.25, -0.2) is 4.79 Å². The molecule has 0 saturated heterocycles. The second-order valence-corrected chi connectivity index (χ2v) is 22.5. The molecule has 5 aromatic rings. The zero-order chi connectivity index (χ0) is 60.4. The number of carbonyl (C=O) groups is 7. The number of hydrogen-bond donors (Lipinski definition) is 6. The molecule has 1 unspecified atom stereocenters. The Morgan fingerprint density at radius 3 is 2.13 bits per heavy atom. The summed E-state index contributed by atoms with van der Waals surface area (Å²) >= 11 is 0. The zero-order valence-electron chi connectivity index (χ0n) is 48.8. The highest BCUT2D eigenvalue weighted by Crippen LogP contribution is 2.41. The maximum Gasteiger partial charge on any atom is 0.312 e. The van der Waals surface area contributed by atoms with Crippen molar-refractivity contribution in [2.75, 3.05) is 51.0 Å². The lowest BCUT2D eigenvalue weighted by Gasteiger charge is -2.35. The SMILES string of the molecule is COc1cc2c(cc1OCc1cccc(COc3cc4c(cc3OC)C(=O)N3Cc5ccccc5C[C@H]3CN4)n1)N=CC1Cc3ccc(NC[C@H](CCCNC(N)=O)NC(=O)[C@@H](NC(=O)CCCCCN4C(=O)C=CC4=O)C(C)C)cc3CN1C2=O. The predicted octanol–water partition coefficient (Wildman–Crippen LogP) is 6.50. The van der Waals surface area contributed by atoms with E-state index < -0.39 is 18.1 Å². The van der Waals surface area contributed by atoms with E-state index in [-0.39, 0.29) is 79.6 Å². The van der Waals surface area contributed by atoms with E-state index in [4.69, 9.17) is 34.7 Å². The van der Waals surface area contributed by atoms with Gasteiger partial charge in [0.05, 0.1) is 60.2 Å². The fourth-order valence-electron chi connectivity index (χ4n) is 11.5. The van der Waals surface area contributed by atoms with Crippen LogP contribution in [-0.2, 0) is 58.3 Å². The van der Waals surface area contributed by atoms with Crippen molar-refractivity contribution in [2.24, 2.45) is 16.6 Å². The Morgan fingerprint density at radius 2 is 1.41 bits per heavy atom. The molecular formula is C64H73N11O11. The summed E-state index contributed by atoms with van der Waals surface area (Å²) in [5.74, 6) is -0.169. The summed E-state index contributed by atoms with van der Waals surface area (Å²) in [5.41, 5.74) is 13.8. The van der Waals surface area contributed by atoms with Crippen LogP contribution in [0.1, 0.15) is 107 Å². The number of amides is 8. The average molecular weight is 1170 g/mol. The molecular weight excluding hydrogens is 1100 g/mol. The Balaban J connectivity index is 0.741. The molecule has 5 aliphatic heterocycles. The smallest absolute Gasteiger partial charge is 0.312 e. The topological polar surface area (TPSA) is 278 Å². The molecule has 4 atom stereocenters. The van der Waals surface area contributed by atoms with Crippen molar-refractivity contribution in [3.63, 3.8) is 0 Å². The summed E-state index contributed by atoms with van der Waals surface area (Å²) in [6.07, 6.45) is 8.47. The van der Waals surface area contributed by atoms with Crippen LogP contribution in [0.25, 0.3) is 0 Å². The summed E-state index contributed by atoms with van der Waals surface area (Å²) in [5, 5.41) is 15.6. The highest BCUT2D eigenvalue weighted by atomic mass is 16.5. The lowest BCUT2D eigenvalue weighted by atomic mass is 9.93. The quantitative estimate of drug-likeness (QED) is 0.0269. The summed E-state index contributed by atoms with van der Waals surface area (Å²) in [6, 6.07) is 24.6. The molecule has 10 rings (SSSR count). The number of nitrogens with two attached hydrogens (primary N) is 1. The van der Waals surface area contributed by atoms with E-state index in [1.807, 2.05) is 73.3 Å². The number of nitrogens with zero attached hydrogens (tertiary/aromatic N) is 5. The molecule has 7 N–H and O–H groups in total. The van der Waals surface area contributed by atoms with Crippen LogP contribution in [-0.4, -0.2) is 132 Å². The maximum absolute atomic E-state index is 14.5. The molecule has 4 aromatic carbocycles. The highest BCUT2D eigenvalue weighted by Gasteiger charge is 2.36. The summed E-state index contributed by atoms with van der Waals surface area (Å²) in [7, 11) is 3.07. The summed E-state index contributed by atoms with van der Waals surface area (Å²) in [4.78, 5) is 105. The fraction of sp³-hybridized carbons (Fsp3) is 0.391. The number of nitrogens with one attached hydrogen (secondary N) is 5. The monoisotopic (exact) mass is 1170 g/mol. The molecule has 1 aromatic heterocycles. The van der Waals surface area contributed by atoms with Gasteiger partial charge < -0.3 is 61.1 Å². The van der Waals surface area contributed by atoms with Crippen LogP contribution in [0.5, 0.6) is 23.0 Å². The van der Waals surface area contributed by atoms with E-state index in [1.54, 1.807) is 36.4 Å². The van der Waals surface area contributed by atoms with Crippen LogP contribution in [0.3, 0.4) is 0 Å². The number of methoxy groups -OCH3 is 2. The minimum absolute atomic E-state index is 0.00789. The highest BCUT2D eigenvalue weighted by molar-refractivity contribution is 6.13. The van der Waals surface area contributed by atoms with Crippen molar-refractivity contribution < 1.29 is 52.5 Å². The molecule has 22 nitrogen and oxygen atoms in total. The second kappa shape index (κ2) is 27.1. The third kappa shape index (κ3) is 14.0. The van der Waals surface area contributed by atoms with Crippen molar-refractivity contribution in [3.05, 3.63) is 142 Å². The number of rotatable bonds is 25. The second-order valence-electron chi connectivity index (χ2n) is 22.5. The number of aromatic nitrogens is 1. The minimum Gasteiger partial charge on any atom is -0.493 e. The van der Waals surface area contributed by atoms with Gasteiger partial charge in [0.25, 0.3) is 23.6 Å².